The Morgan fingerprint density at radius 1 is 1.31 bits per heavy atom. The third-order valence-corrected chi connectivity index (χ3v) is 2.03. The van der Waals surface area contributed by atoms with Gasteiger partial charge in [-0.2, -0.15) is 10.1 Å². The van der Waals surface area contributed by atoms with E-state index >= 15 is 0 Å². The molecule has 64 valence electrons. The molecule has 0 aliphatic heterocycles. The number of hydrogen-bond acceptors (Lipinski definition) is 4. The number of oxazole rings is 1. The maximum Gasteiger partial charge on any atom is 0.289 e. The van der Waals surface area contributed by atoms with Gasteiger partial charge < -0.3 is 4.42 Å². The van der Waals surface area contributed by atoms with E-state index < -0.39 is 0 Å². The van der Waals surface area contributed by atoms with Crippen LogP contribution in [-0.4, -0.2) is 20.4 Å². The predicted octanol–water partition coefficient (Wildman–Crippen LogP) is 1.76. The van der Waals surface area contributed by atoms with Crippen molar-refractivity contribution < 1.29 is 4.42 Å². The van der Waals surface area contributed by atoms with Crippen molar-refractivity contribution in [3.05, 3.63) is 17.0 Å². The van der Waals surface area contributed by atoms with Crippen LogP contribution in [0.25, 0.3) is 22.1 Å². The minimum absolute atomic E-state index is 0.256. The maximum atomic E-state index is 5.18. The van der Waals surface area contributed by atoms with Crippen LogP contribution in [0.5, 0.6) is 0 Å². The number of nitrogens with one attached hydrogen (secondary N) is 2. The second-order valence-corrected chi connectivity index (χ2v) is 3.01. The zero-order valence-corrected chi connectivity index (χ0v) is 7.18. The largest absolute Gasteiger partial charge is 0.428 e. The molecule has 2 heterocycles. The van der Waals surface area contributed by atoms with E-state index in [2.05, 4.69) is 20.4 Å². The smallest absolute Gasteiger partial charge is 0.289 e. The Hall–Kier alpha value is -1.69. The molecule has 13 heavy (non-hydrogen) atoms. The minimum atomic E-state index is 0.256. The van der Waals surface area contributed by atoms with Gasteiger partial charge in [-0.1, -0.05) is 0 Å². The Morgan fingerprint density at radius 2 is 2.23 bits per heavy atom. The van der Waals surface area contributed by atoms with Gasteiger partial charge in [0.1, 0.15) is 11.0 Å². The number of hydrogen-bond donors (Lipinski definition) is 2. The van der Waals surface area contributed by atoms with E-state index in [-0.39, 0.29) is 4.84 Å². The molecule has 0 saturated carbocycles. The van der Waals surface area contributed by atoms with Crippen LogP contribution in [0.15, 0.2) is 16.5 Å². The highest BCUT2D eigenvalue weighted by molar-refractivity contribution is 7.71. The van der Waals surface area contributed by atoms with Crippen LogP contribution in [0.2, 0.25) is 0 Å². The summed E-state index contributed by atoms with van der Waals surface area (Å²) in [6.45, 7) is 0. The molecule has 0 fully saturated rings. The highest BCUT2D eigenvalue weighted by atomic mass is 32.1. The lowest BCUT2D eigenvalue weighted by molar-refractivity contribution is 0.583. The number of aromatic amines is 2. The number of rotatable bonds is 0. The summed E-state index contributed by atoms with van der Waals surface area (Å²) >= 11 is 4.81. The SMILES string of the molecule is S=c1nc2cc3[nH][nH]nc3cc2o1. The molecular weight excluding hydrogens is 188 g/mol. The molecule has 6 heteroatoms. The number of fused-ring (bicyclic) bond motifs is 2. The number of benzene rings is 1. The summed E-state index contributed by atoms with van der Waals surface area (Å²) in [7, 11) is 0. The van der Waals surface area contributed by atoms with Gasteiger partial charge in [0.05, 0.1) is 5.52 Å². The van der Waals surface area contributed by atoms with E-state index in [0.717, 1.165) is 16.6 Å². The van der Waals surface area contributed by atoms with E-state index in [9.17, 15) is 0 Å². The molecule has 1 aromatic carbocycles. The first-order valence-corrected chi connectivity index (χ1v) is 4.07. The maximum absolute atomic E-state index is 5.18. The number of H-pyrrole nitrogens is 2. The summed E-state index contributed by atoms with van der Waals surface area (Å²) < 4.78 is 5.18. The zero-order valence-electron chi connectivity index (χ0n) is 6.37. The Bertz CT molecular complexity index is 583. The van der Waals surface area contributed by atoms with Crippen molar-refractivity contribution in [2.75, 3.05) is 0 Å². The van der Waals surface area contributed by atoms with Gasteiger partial charge in [-0.25, -0.2) is 5.21 Å². The second kappa shape index (κ2) is 2.17. The average molecular weight is 192 g/mol. The molecule has 0 radical (unpaired) electrons. The molecule has 0 unspecified atom stereocenters. The number of aromatic nitrogens is 4. The Labute approximate surface area is 76.8 Å². The van der Waals surface area contributed by atoms with Crippen molar-refractivity contribution in [2.24, 2.45) is 0 Å². The van der Waals surface area contributed by atoms with E-state index in [0.29, 0.717) is 5.58 Å². The van der Waals surface area contributed by atoms with Crippen LogP contribution in [0, 0.1) is 4.84 Å². The Kier molecular flexibility index (Phi) is 1.13. The van der Waals surface area contributed by atoms with Crippen molar-refractivity contribution in [1.82, 2.24) is 20.4 Å². The lowest BCUT2D eigenvalue weighted by Gasteiger charge is -1.84. The lowest BCUT2D eigenvalue weighted by Crippen LogP contribution is -1.70. The molecule has 3 rings (SSSR count). The van der Waals surface area contributed by atoms with Gasteiger partial charge in [-0.05, 0) is 18.3 Å². The molecule has 0 aliphatic rings. The fourth-order valence-electron chi connectivity index (χ4n) is 1.28. The lowest BCUT2D eigenvalue weighted by atomic mass is 10.3. The van der Waals surface area contributed by atoms with Crippen molar-refractivity contribution in [3.8, 4) is 0 Å². The van der Waals surface area contributed by atoms with Crippen LogP contribution < -0.4 is 0 Å². The highest BCUT2D eigenvalue weighted by Crippen LogP contribution is 2.18. The first-order valence-electron chi connectivity index (χ1n) is 3.66. The van der Waals surface area contributed by atoms with E-state index in [1.165, 1.54) is 0 Å². The summed E-state index contributed by atoms with van der Waals surface area (Å²) in [6.07, 6.45) is 0. The van der Waals surface area contributed by atoms with E-state index in [4.69, 9.17) is 16.6 Å². The molecule has 0 bridgehead atoms. The van der Waals surface area contributed by atoms with E-state index in [1.54, 1.807) is 6.07 Å². The quantitative estimate of drug-likeness (QED) is 0.532. The summed E-state index contributed by atoms with van der Waals surface area (Å²) in [5.41, 5.74) is 3.10. The van der Waals surface area contributed by atoms with Crippen molar-refractivity contribution in [2.45, 2.75) is 0 Å². The highest BCUT2D eigenvalue weighted by Gasteiger charge is 2.04. The molecule has 0 aliphatic carbocycles. The molecule has 0 spiro atoms. The van der Waals surface area contributed by atoms with Gasteiger partial charge in [-0.3, -0.25) is 5.10 Å². The van der Waals surface area contributed by atoms with Gasteiger partial charge in [0.2, 0.25) is 0 Å². The first-order chi connectivity index (χ1) is 6.33. The van der Waals surface area contributed by atoms with Crippen LogP contribution in [0.1, 0.15) is 0 Å². The topological polar surface area (TPSA) is 70.5 Å². The Morgan fingerprint density at radius 3 is 3.15 bits per heavy atom. The van der Waals surface area contributed by atoms with Gasteiger partial charge in [0, 0.05) is 6.07 Å². The average Bonchev–Trinajstić information content (AvgIpc) is 2.63. The van der Waals surface area contributed by atoms with Crippen molar-refractivity contribution >= 4 is 34.4 Å². The second-order valence-electron chi connectivity index (χ2n) is 2.67. The molecule has 2 aromatic heterocycles. The van der Waals surface area contributed by atoms with Gasteiger partial charge in [0.15, 0.2) is 5.58 Å². The molecule has 2 N–H and O–H groups in total. The van der Waals surface area contributed by atoms with Crippen LogP contribution in [0.3, 0.4) is 0 Å². The van der Waals surface area contributed by atoms with Gasteiger partial charge in [0.25, 0.3) is 4.84 Å². The van der Waals surface area contributed by atoms with Gasteiger partial charge >= 0.3 is 0 Å². The predicted molar refractivity (Wildman–Crippen MR) is 48.8 cm³/mol. The molecule has 0 amide bonds. The standard InChI is InChI=1S/C7H4N4OS/c13-7-8-5-1-3-4(10-11-9-3)2-6(5)12-7/h1-2,9,11H. The fraction of sp³-hybridized carbons (Fsp3) is 0. The summed E-state index contributed by atoms with van der Waals surface area (Å²) in [6, 6.07) is 3.63. The summed E-state index contributed by atoms with van der Waals surface area (Å²) in [4.78, 5) is 4.29. The van der Waals surface area contributed by atoms with Crippen LogP contribution in [-0.2, 0) is 0 Å². The minimum Gasteiger partial charge on any atom is -0.428 e. The fourth-order valence-corrected chi connectivity index (χ4v) is 1.47. The third-order valence-electron chi connectivity index (χ3n) is 1.85. The van der Waals surface area contributed by atoms with Crippen LogP contribution >= 0.6 is 12.2 Å². The van der Waals surface area contributed by atoms with Crippen molar-refractivity contribution in [1.29, 1.82) is 0 Å². The zero-order chi connectivity index (χ0) is 8.84. The summed E-state index contributed by atoms with van der Waals surface area (Å²) in [5, 5.41) is 9.49. The van der Waals surface area contributed by atoms with Gasteiger partial charge in [-0.15, -0.1) is 0 Å². The van der Waals surface area contributed by atoms with E-state index in [1.807, 2.05) is 6.07 Å². The monoisotopic (exact) mass is 192 g/mol. The molecule has 0 saturated heterocycles. The normalized spacial score (nSPS) is 11.4. The molecule has 0 atom stereocenters. The molecule has 3 aromatic rings. The summed E-state index contributed by atoms with van der Waals surface area (Å²) in [5.74, 6) is 0. The Balaban J connectivity index is 2.62. The third kappa shape index (κ3) is 0.888. The first kappa shape index (κ1) is 6.79. The molecular formula is C7H4N4OS. The van der Waals surface area contributed by atoms with Crippen LogP contribution in [0.4, 0.5) is 0 Å². The number of nitrogens with zero attached hydrogens (tertiary/aromatic N) is 2. The van der Waals surface area contributed by atoms with Crippen molar-refractivity contribution in [3.63, 3.8) is 0 Å². The molecule has 5 nitrogen and oxygen atoms in total.